The van der Waals surface area contributed by atoms with Gasteiger partial charge in [0.2, 0.25) is 0 Å². The molecule has 3 unspecified atom stereocenters. The molecule has 2 bridgehead atoms. The van der Waals surface area contributed by atoms with E-state index in [0.717, 1.165) is 36.6 Å². The van der Waals surface area contributed by atoms with E-state index in [1.54, 1.807) is 0 Å². The highest BCUT2D eigenvalue weighted by molar-refractivity contribution is 6.31. The summed E-state index contributed by atoms with van der Waals surface area (Å²) in [7, 11) is 0. The monoisotopic (exact) mass is 323 g/mol. The summed E-state index contributed by atoms with van der Waals surface area (Å²) in [5.74, 6) is 1.97. The fourth-order valence-corrected chi connectivity index (χ4v) is 5.05. The number of nitrogens with zero attached hydrogens (tertiary/aromatic N) is 2. The van der Waals surface area contributed by atoms with Crippen LogP contribution in [0.15, 0.2) is 16.2 Å². The van der Waals surface area contributed by atoms with Gasteiger partial charge in [-0.1, -0.05) is 24.4 Å². The fourth-order valence-electron chi connectivity index (χ4n) is 4.85. The fraction of sp³-hybridized carbons (Fsp3) is 0.824. The van der Waals surface area contributed by atoms with Crippen molar-refractivity contribution < 1.29 is 4.74 Å². The van der Waals surface area contributed by atoms with Crippen molar-refractivity contribution in [2.24, 2.45) is 16.3 Å². The van der Waals surface area contributed by atoms with E-state index in [-0.39, 0.29) is 12.3 Å². The molecule has 3 fully saturated rings. The van der Waals surface area contributed by atoms with Gasteiger partial charge in [-0.2, -0.15) is 0 Å². The van der Waals surface area contributed by atoms with E-state index >= 15 is 0 Å². The van der Waals surface area contributed by atoms with Gasteiger partial charge in [0.1, 0.15) is 17.2 Å². The van der Waals surface area contributed by atoms with Crippen LogP contribution in [0.25, 0.3) is 0 Å². The SMILES string of the molecule is C[C@H]1CN(C2=NC(C34CCCC(CC3)C4)NC(Cl)=C2)CCO1. The quantitative estimate of drug-likeness (QED) is 0.753. The Hall–Kier alpha value is -0.740. The summed E-state index contributed by atoms with van der Waals surface area (Å²) in [6.07, 6.45) is 10.5. The standard InChI is InChI=1S/C17H26ClN3O/c1-12-11-21(7-8-22-12)15-9-14(18)19-16(20-15)17-5-2-3-13(10-17)4-6-17/h9,12-13,16,19H,2-8,10-11H2,1H3/t12-,13?,16?,17?/m0/s1. The van der Waals surface area contributed by atoms with Crippen molar-refractivity contribution in [3.8, 4) is 0 Å². The van der Waals surface area contributed by atoms with E-state index < -0.39 is 0 Å². The van der Waals surface area contributed by atoms with Crippen LogP contribution in [-0.2, 0) is 4.74 Å². The van der Waals surface area contributed by atoms with Gasteiger partial charge >= 0.3 is 0 Å². The first kappa shape index (κ1) is 14.8. The molecule has 4 atom stereocenters. The van der Waals surface area contributed by atoms with Crippen LogP contribution in [0.3, 0.4) is 0 Å². The summed E-state index contributed by atoms with van der Waals surface area (Å²) in [6.45, 7) is 4.71. The first-order valence-corrected chi connectivity index (χ1v) is 9.10. The second kappa shape index (κ2) is 5.72. The number of nitrogens with one attached hydrogen (secondary N) is 1. The van der Waals surface area contributed by atoms with Gasteiger partial charge in [0.05, 0.1) is 12.7 Å². The number of aliphatic imine (C=N–C) groups is 1. The molecule has 0 radical (unpaired) electrons. The summed E-state index contributed by atoms with van der Waals surface area (Å²) in [4.78, 5) is 7.43. The maximum atomic E-state index is 6.42. The van der Waals surface area contributed by atoms with Crippen LogP contribution in [0.4, 0.5) is 0 Å². The van der Waals surface area contributed by atoms with E-state index in [1.165, 1.54) is 38.5 Å². The molecule has 0 aromatic rings. The zero-order valence-corrected chi connectivity index (χ0v) is 14.1. The van der Waals surface area contributed by atoms with Crippen molar-refractivity contribution in [2.75, 3.05) is 19.7 Å². The summed E-state index contributed by atoms with van der Waals surface area (Å²) in [5, 5.41) is 4.21. The van der Waals surface area contributed by atoms with Gasteiger partial charge in [-0.25, -0.2) is 4.99 Å². The van der Waals surface area contributed by atoms with Gasteiger partial charge < -0.3 is 15.0 Å². The van der Waals surface area contributed by atoms with Crippen molar-refractivity contribution in [1.29, 1.82) is 0 Å². The Morgan fingerprint density at radius 2 is 2.32 bits per heavy atom. The van der Waals surface area contributed by atoms with Gasteiger partial charge in [-0.3, -0.25) is 0 Å². The molecule has 2 aliphatic heterocycles. The van der Waals surface area contributed by atoms with Gasteiger partial charge in [0, 0.05) is 24.6 Å². The number of rotatable bonds is 1. The molecule has 1 saturated heterocycles. The summed E-state index contributed by atoms with van der Waals surface area (Å²) >= 11 is 6.42. The first-order valence-electron chi connectivity index (χ1n) is 8.73. The molecule has 2 saturated carbocycles. The molecule has 4 aliphatic rings. The van der Waals surface area contributed by atoms with Crippen molar-refractivity contribution in [3.63, 3.8) is 0 Å². The van der Waals surface area contributed by atoms with Crippen LogP contribution >= 0.6 is 11.6 Å². The highest BCUT2D eigenvalue weighted by atomic mass is 35.5. The molecular weight excluding hydrogens is 298 g/mol. The number of hydrogen-bond donors (Lipinski definition) is 1. The minimum absolute atomic E-state index is 0.156. The molecule has 122 valence electrons. The Labute approximate surface area is 137 Å². The topological polar surface area (TPSA) is 36.9 Å². The molecule has 4 rings (SSSR count). The predicted molar refractivity (Wildman–Crippen MR) is 88.9 cm³/mol. The Kier molecular flexibility index (Phi) is 3.85. The molecule has 0 aromatic heterocycles. The zero-order valence-electron chi connectivity index (χ0n) is 13.4. The number of hydrogen-bond acceptors (Lipinski definition) is 4. The lowest BCUT2D eigenvalue weighted by molar-refractivity contribution is 0.00555. The lowest BCUT2D eigenvalue weighted by Crippen LogP contribution is -2.50. The van der Waals surface area contributed by atoms with Crippen molar-refractivity contribution in [2.45, 2.75) is 57.7 Å². The highest BCUT2D eigenvalue weighted by Crippen LogP contribution is 2.54. The van der Waals surface area contributed by atoms with E-state index in [0.29, 0.717) is 5.41 Å². The molecule has 1 N–H and O–H groups in total. The van der Waals surface area contributed by atoms with Crippen LogP contribution in [0.2, 0.25) is 0 Å². The van der Waals surface area contributed by atoms with Crippen LogP contribution in [0, 0.1) is 11.3 Å². The molecule has 2 heterocycles. The van der Waals surface area contributed by atoms with E-state index in [4.69, 9.17) is 21.3 Å². The molecule has 4 nitrogen and oxygen atoms in total. The third kappa shape index (κ3) is 2.65. The third-order valence-corrected chi connectivity index (χ3v) is 6.19. The molecular formula is C17H26ClN3O. The van der Waals surface area contributed by atoms with Crippen molar-refractivity contribution >= 4 is 17.4 Å². The van der Waals surface area contributed by atoms with Crippen LogP contribution in [0.1, 0.15) is 45.4 Å². The zero-order chi connectivity index (χ0) is 15.2. The van der Waals surface area contributed by atoms with Crippen LogP contribution < -0.4 is 5.32 Å². The summed E-state index contributed by atoms with van der Waals surface area (Å²) < 4.78 is 5.65. The normalized spacial score (nSPS) is 41.7. The molecule has 22 heavy (non-hydrogen) atoms. The van der Waals surface area contributed by atoms with Gasteiger partial charge in [-0.15, -0.1) is 0 Å². The minimum atomic E-state index is 0.156. The predicted octanol–water partition coefficient (Wildman–Crippen LogP) is 3.09. The molecule has 5 heteroatoms. The maximum Gasteiger partial charge on any atom is 0.129 e. The maximum absolute atomic E-state index is 6.42. The lowest BCUT2D eigenvalue weighted by Gasteiger charge is -2.42. The minimum Gasteiger partial charge on any atom is -0.375 e. The van der Waals surface area contributed by atoms with Crippen LogP contribution in [0.5, 0.6) is 0 Å². The number of ether oxygens (including phenoxy) is 1. The Bertz CT molecular complexity index is 502. The van der Waals surface area contributed by atoms with E-state index in [1.807, 2.05) is 6.08 Å². The van der Waals surface area contributed by atoms with E-state index in [2.05, 4.69) is 17.1 Å². The Morgan fingerprint density at radius 1 is 1.41 bits per heavy atom. The smallest absolute Gasteiger partial charge is 0.129 e. The van der Waals surface area contributed by atoms with Gasteiger partial charge in [0.25, 0.3) is 0 Å². The average molecular weight is 324 g/mol. The van der Waals surface area contributed by atoms with E-state index in [9.17, 15) is 0 Å². The Balaban J connectivity index is 1.57. The van der Waals surface area contributed by atoms with Gasteiger partial charge in [-0.05, 0) is 38.5 Å². The second-order valence-corrected chi connectivity index (χ2v) is 7.92. The first-order chi connectivity index (χ1) is 10.6. The largest absolute Gasteiger partial charge is 0.375 e. The molecule has 2 aliphatic carbocycles. The molecule has 0 spiro atoms. The number of halogens is 1. The second-order valence-electron chi connectivity index (χ2n) is 7.52. The third-order valence-electron chi connectivity index (χ3n) is 5.97. The van der Waals surface area contributed by atoms with Gasteiger partial charge in [0.15, 0.2) is 0 Å². The summed E-state index contributed by atoms with van der Waals surface area (Å²) in [5.41, 5.74) is 0.334. The number of fused-ring (bicyclic) bond motifs is 2. The highest BCUT2D eigenvalue weighted by Gasteiger charge is 2.48. The van der Waals surface area contributed by atoms with Crippen LogP contribution in [-0.4, -0.2) is 42.7 Å². The number of amidine groups is 1. The van der Waals surface area contributed by atoms with Crippen molar-refractivity contribution in [1.82, 2.24) is 10.2 Å². The number of morpholine rings is 1. The lowest BCUT2D eigenvalue weighted by atomic mass is 9.73. The average Bonchev–Trinajstić information content (AvgIpc) is 2.82. The summed E-state index contributed by atoms with van der Waals surface area (Å²) in [6, 6.07) is 0. The van der Waals surface area contributed by atoms with Crippen molar-refractivity contribution in [3.05, 3.63) is 11.2 Å². The Morgan fingerprint density at radius 3 is 3.18 bits per heavy atom. The molecule has 0 amide bonds. The molecule has 0 aromatic carbocycles.